The molecule has 0 heterocycles. The number of aliphatic hydroxyl groups is 2. The van der Waals surface area contributed by atoms with Crippen LogP contribution in [0.4, 0.5) is 0 Å². The van der Waals surface area contributed by atoms with Crippen molar-refractivity contribution >= 4 is 13.6 Å². The maximum Gasteiger partial charge on any atom is 0.268 e. The molecule has 0 spiro atoms. The number of allylic oxidation sites excluding steroid dienone is 8. The number of phosphoric acid groups is 1. The van der Waals surface area contributed by atoms with E-state index in [1.165, 1.54) is 25.7 Å². The van der Waals surface area contributed by atoms with Gasteiger partial charge in [-0.25, -0.2) is 0 Å². The Bertz CT molecular complexity index is 756. The van der Waals surface area contributed by atoms with Gasteiger partial charge in [0.2, 0.25) is 0 Å². The monoisotopic (exact) mass is 543 g/mol. The molecule has 2 unspecified atom stereocenters. The van der Waals surface area contributed by atoms with E-state index in [0.29, 0.717) is 17.3 Å². The molecule has 214 valence electrons. The lowest BCUT2D eigenvalue weighted by atomic mass is 10.1. The van der Waals surface area contributed by atoms with Gasteiger partial charge in [-0.1, -0.05) is 68.4 Å². The van der Waals surface area contributed by atoms with Gasteiger partial charge in [-0.15, -0.1) is 0 Å². The van der Waals surface area contributed by atoms with Crippen LogP contribution in [-0.4, -0.2) is 73.6 Å². The van der Waals surface area contributed by atoms with E-state index >= 15 is 0 Å². The second-order valence-corrected chi connectivity index (χ2v) is 11.5. The SMILES string of the molecule is CCCCC/C=C\C/C=C\C/C=C\C/C=C\CCCC(=O)C(C[N+](C)(C)C)OP(=O)([O-])OC[C@H](O)CO. The highest BCUT2D eigenvalue weighted by atomic mass is 31.2. The number of rotatable bonds is 23. The average Bonchev–Trinajstić information content (AvgIpc) is 2.82. The highest BCUT2D eigenvalue weighted by Gasteiger charge is 2.30. The molecule has 2 N–H and O–H groups in total. The summed E-state index contributed by atoms with van der Waals surface area (Å²) in [6, 6.07) is 0. The van der Waals surface area contributed by atoms with Crippen molar-refractivity contribution in [2.45, 2.75) is 83.3 Å². The smallest absolute Gasteiger partial charge is 0.268 e. The third-order valence-corrected chi connectivity index (χ3v) is 6.19. The van der Waals surface area contributed by atoms with Gasteiger partial charge in [-0.3, -0.25) is 9.36 Å². The van der Waals surface area contributed by atoms with Gasteiger partial charge in [0.25, 0.3) is 7.82 Å². The Morgan fingerprint density at radius 3 is 1.92 bits per heavy atom. The first kappa shape index (κ1) is 35.6. The standard InChI is InChI=1S/C28H50NO7P/c1-5-6-7-8-9-10-11-12-13-14-15-16-17-18-19-20-21-22-27(32)28(23-29(2,3)4)36-37(33,34)35-25-26(31)24-30/h9-10,12-13,15-16,18-19,26,28,30-31H,5-8,11,14,17,20-25H2,1-4H3/b10-9-,13-12-,16-15-,19-18-/t26-,28?/m1/s1. The summed E-state index contributed by atoms with van der Waals surface area (Å²) < 4.78 is 22.1. The van der Waals surface area contributed by atoms with Crippen LogP contribution in [0.3, 0.4) is 0 Å². The van der Waals surface area contributed by atoms with Crippen molar-refractivity contribution in [3.05, 3.63) is 48.6 Å². The molecule has 0 aliphatic heterocycles. The molecule has 0 saturated heterocycles. The Morgan fingerprint density at radius 2 is 1.43 bits per heavy atom. The van der Waals surface area contributed by atoms with Crippen LogP contribution in [0.15, 0.2) is 48.6 Å². The van der Waals surface area contributed by atoms with E-state index in [2.05, 4.69) is 54.0 Å². The minimum Gasteiger partial charge on any atom is -0.756 e. The average molecular weight is 544 g/mol. The van der Waals surface area contributed by atoms with Crippen molar-refractivity contribution in [1.29, 1.82) is 0 Å². The number of nitrogens with zero attached hydrogens (tertiary/aromatic N) is 1. The van der Waals surface area contributed by atoms with Gasteiger partial charge in [0, 0.05) is 6.42 Å². The molecular weight excluding hydrogens is 493 g/mol. The molecule has 0 bridgehead atoms. The third-order valence-electron chi connectivity index (χ3n) is 5.22. The van der Waals surface area contributed by atoms with E-state index < -0.39 is 33.2 Å². The van der Waals surface area contributed by atoms with E-state index in [9.17, 15) is 19.4 Å². The first-order chi connectivity index (χ1) is 17.5. The van der Waals surface area contributed by atoms with E-state index in [-0.39, 0.29) is 18.7 Å². The summed E-state index contributed by atoms with van der Waals surface area (Å²) >= 11 is 0. The first-order valence-corrected chi connectivity index (χ1v) is 14.8. The zero-order chi connectivity index (χ0) is 28.0. The van der Waals surface area contributed by atoms with Crippen LogP contribution < -0.4 is 4.89 Å². The Balaban J connectivity index is 4.30. The van der Waals surface area contributed by atoms with Crippen LogP contribution in [-0.2, 0) is 18.4 Å². The Labute approximate surface area is 224 Å². The van der Waals surface area contributed by atoms with Crippen LogP contribution in [0.2, 0.25) is 0 Å². The molecule has 0 radical (unpaired) electrons. The molecule has 0 aliphatic carbocycles. The number of quaternary nitrogens is 1. The zero-order valence-electron chi connectivity index (χ0n) is 23.3. The van der Waals surface area contributed by atoms with Crippen molar-refractivity contribution in [3.8, 4) is 0 Å². The van der Waals surface area contributed by atoms with Crippen molar-refractivity contribution < 1.29 is 38.0 Å². The second kappa shape index (κ2) is 21.5. The minimum atomic E-state index is -4.81. The lowest BCUT2D eigenvalue weighted by Crippen LogP contribution is -2.45. The fraction of sp³-hybridized carbons (Fsp3) is 0.679. The minimum absolute atomic E-state index is 0.154. The number of carbonyl (C=O) groups excluding carboxylic acids is 1. The molecule has 0 aromatic heterocycles. The third kappa shape index (κ3) is 23.5. The largest absolute Gasteiger partial charge is 0.756 e. The van der Waals surface area contributed by atoms with Crippen molar-refractivity contribution in [3.63, 3.8) is 0 Å². The van der Waals surface area contributed by atoms with Gasteiger partial charge in [-0.05, 0) is 44.9 Å². The molecule has 0 aromatic rings. The molecule has 3 atom stereocenters. The van der Waals surface area contributed by atoms with Crippen molar-refractivity contribution in [2.24, 2.45) is 0 Å². The number of Topliss-reactive ketones (excluding diaryl/α,β-unsaturated/α-hetero) is 1. The van der Waals surface area contributed by atoms with Gasteiger partial charge in [0.15, 0.2) is 11.9 Å². The van der Waals surface area contributed by atoms with Crippen molar-refractivity contribution in [2.75, 3.05) is 40.9 Å². The number of ketones is 1. The fourth-order valence-electron chi connectivity index (χ4n) is 3.22. The summed E-state index contributed by atoms with van der Waals surface area (Å²) in [5.74, 6) is -0.314. The Hall–Kier alpha value is -1.38. The topological polar surface area (TPSA) is 116 Å². The van der Waals surface area contributed by atoms with E-state index in [0.717, 1.165) is 19.3 Å². The van der Waals surface area contributed by atoms with Gasteiger partial charge in [-0.2, -0.15) is 0 Å². The number of hydrogen-bond donors (Lipinski definition) is 2. The number of hydrogen-bond acceptors (Lipinski definition) is 7. The van der Waals surface area contributed by atoms with Gasteiger partial charge in [0.1, 0.15) is 12.6 Å². The van der Waals surface area contributed by atoms with E-state index in [4.69, 9.17) is 9.63 Å². The molecule has 0 fully saturated rings. The number of aliphatic hydroxyl groups excluding tert-OH is 2. The van der Waals surface area contributed by atoms with E-state index in [1.54, 1.807) is 0 Å². The summed E-state index contributed by atoms with van der Waals surface area (Å²) in [4.78, 5) is 24.8. The number of phosphoric ester groups is 1. The molecule has 9 heteroatoms. The Morgan fingerprint density at radius 1 is 0.919 bits per heavy atom. The first-order valence-electron chi connectivity index (χ1n) is 13.4. The number of unbranched alkanes of at least 4 members (excludes halogenated alkanes) is 4. The molecule has 0 saturated carbocycles. The van der Waals surface area contributed by atoms with Crippen LogP contribution in [0.1, 0.15) is 71.1 Å². The normalized spacial score (nSPS) is 16.3. The maximum atomic E-state index is 12.7. The second-order valence-electron chi connectivity index (χ2n) is 10.1. The Kier molecular flexibility index (Phi) is 20.7. The molecule has 8 nitrogen and oxygen atoms in total. The molecule has 0 rings (SSSR count). The molecule has 0 amide bonds. The highest BCUT2D eigenvalue weighted by Crippen LogP contribution is 2.40. The fourth-order valence-corrected chi connectivity index (χ4v) is 4.14. The number of likely N-dealkylation sites (N-methyl/N-ethyl adjacent to an activating group) is 1. The predicted molar refractivity (Wildman–Crippen MR) is 148 cm³/mol. The van der Waals surface area contributed by atoms with Gasteiger partial charge >= 0.3 is 0 Å². The lowest BCUT2D eigenvalue weighted by molar-refractivity contribution is -0.872. The van der Waals surface area contributed by atoms with E-state index in [1.807, 2.05) is 27.2 Å². The maximum absolute atomic E-state index is 12.7. The van der Waals surface area contributed by atoms with Crippen molar-refractivity contribution in [1.82, 2.24) is 0 Å². The summed E-state index contributed by atoms with van der Waals surface area (Å²) in [6.07, 6.45) is 23.8. The molecular formula is C28H50NO7P. The zero-order valence-corrected chi connectivity index (χ0v) is 24.2. The highest BCUT2D eigenvalue weighted by molar-refractivity contribution is 7.45. The number of carbonyl (C=O) groups is 1. The molecule has 37 heavy (non-hydrogen) atoms. The summed E-state index contributed by atoms with van der Waals surface area (Å²) in [5.41, 5.74) is 0. The summed E-state index contributed by atoms with van der Waals surface area (Å²) in [7, 11) is 0.669. The predicted octanol–water partition coefficient (Wildman–Crippen LogP) is 4.63. The summed E-state index contributed by atoms with van der Waals surface area (Å²) in [5, 5.41) is 18.1. The molecule has 0 aliphatic rings. The van der Waals surface area contributed by atoms with Gasteiger partial charge in [0.05, 0.1) is 34.4 Å². The van der Waals surface area contributed by atoms with Crippen LogP contribution in [0.25, 0.3) is 0 Å². The van der Waals surface area contributed by atoms with Crippen LogP contribution in [0.5, 0.6) is 0 Å². The van der Waals surface area contributed by atoms with Gasteiger partial charge < -0.3 is 28.6 Å². The summed E-state index contributed by atoms with van der Waals surface area (Å²) in [6.45, 7) is 1.10. The van der Waals surface area contributed by atoms with Crippen LogP contribution >= 0.6 is 7.82 Å². The molecule has 0 aromatic carbocycles. The van der Waals surface area contributed by atoms with Crippen LogP contribution in [0, 0.1) is 0 Å². The lowest BCUT2D eigenvalue weighted by Gasteiger charge is -2.32. The quantitative estimate of drug-likeness (QED) is 0.0835.